The highest BCUT2D eigenvalue weighted by molar-refractivity contribution is 6.08. The van der Waals surface area contributed by atoms with Crippen LogP contribution in [0.5, 0.6) is 0 Å². The number of carbonyl (C=O) groups excluding carboxylic acids is 2. The van der Waals surface area contributed by atoms with Crippen molar-refractivity contribution in [3.05, 3.63) is 83.8 Å². The van der Waals surface area contributed by atoms with Crippen molar-refractivity contribution in [1.82, 2.24) is 0 Å². The maximum atomic E-state index is 12.9. The molecule has 5 nitrogen and oxygen atoms in total. The SMILES string of the molecule is CCN(C(=O)c1ccc(C)c(NC(=O)c2ccco2)c1)c1ccccc1. The number of para-hydroxylation sites is 1. The van der Waals surface area contributed by atoms with Gasteiger partial charge in [-0.05, 0) is 55.8 Å². The summed E-state index contributed by atoms with van der Waals surface area (Å²) in [6, 6.07) is 18.0. The summed E-state index contributed by atoms with van der Waals surface area (Å²) < 4.78 is 5.11. The Hall–Kier alpha value is -3.34. The Labute approximate surface area is 152 Å². The van der Waals surface area contributed by atoms with Crippen LogP contribution in [0.3, 0.4) is 0 Å². The van der Waals surface area contributed by atoms with Crippen molar-refractivity contribution < 1.29 is 14.0 Å². The summed E-state index contributed by atoms with van der Waals surface area (Å²) in [5.41, 5.74) is 2.79. The zero-order valence-electron chi connectivity index (χ0n) is 14.7. The highest BCUT2D eigenvalue weighted by Gasteiger charge is 2.18. The summed E-state index contributed by atoms with van der Waals surface area (Å²) in [5.74, 6) is -0.245. The highest BCUT2D eigenvalue weighted by atomic mass is 16.3. The van der Waals surface area contributed by atoms with Crippen LogP contribution < -0.4 is 10.2 Å². The second-order valence-corrected chi connectivity index (χ2v) is 5.85. The molecule has 132 valence electrons. The largest absolute Gasteiger partial charge is 0.459 e. The number of hydrogen-bond donors (Lipinski definition) is 1. The molecule has 3 rings (SSSR count). The molecule has 1 aromatic heterocycles. The zero-order valence-corrected chi connectivity index (χ0v) is 14.7. The molecule has 0 bridgehead atoms. The van der Waals surface area contributed by atoms with Gasteiger partial charge in [-0.25, -0.2) is 0 Å². The second-order valence-electron chi connectivity index (χ2n) is 5.85. The van der Waals surface area contributed by atoms with Crippen LogP contribution in [0, 0.1) is 6.92 Å². The van der Waals surface area contributed by atoms with Crippen LogP contribution in [0.15, 0.2) is 71.3 Å². The molecule has 0 saturated heterocycles. The average Bonchev–Trinajstić information content (AvgIpc) is 3.20. The van der Waals surface area contributed by atoms with Crippen molar-refractivity contribution in [3.63, 3.8) is 0 Å². The van der Waals surface area contributed by atoms with Crippen LogP contribution in [0.4, 0.5) is 11.4 Å². The molecule has 0 aliphatic carbocycles. The van der Waals surface area contributed by atoms with Gasteiger partial charge in [-0.1, -0.05) is 24.3 Å². The third-order valence-electron chi connectivity index (χ3n) is 4.11. The fourth-order valence-electron chi connectivity index (χ4n) is 2.69. The summed E-state index contributed by atoms with van der Waals surface area (Å²) in [7, 11) is 0. The molecule has 1 heterocycles. The Morgan fingerprint density at radius 1 is 1.04 bits per heavy atom. The van der Waals surface area contributed by atoms with Gasteiger partial charge in [0.15, 0.2) is 5.76 Å². The Morgan fingerprint density at radius 2 is 1.81 bits per heavy atom. The van der Waals surface area contributed by atoms with Crippen LogP contribution >= 0.6 is 0 Å². The van der Waals surface area contributed by atoms with E-state index in [0.29, 0.717) is 17.8 Å². The minimum Gasteiger partial charge on any atom is -0.459 e. The van der Waals surface area contributed by atoms with Gasteiger partial charge in [0, 0.05) is 23.5 Å². The number of carbonyl (C=O) groups is 2. The van der Waals surface area contributed by atoms with Crippen LogP contribution in [-0.2, 0) is 0 Å². The quantitative estimate of drug-likeness (QED) is 0.738. The fraction of sp³-hybridized carbons (Fsp3) is 0.143. The number of benzene rings is 2. The lowest BCUT2D eigenvalue weighted by molar-refractivity contribution is 0.0982. The number of nitrogens with zero attached hydrogens (tertiary/aromatic N) is 1. The first-order valence-electron chi connectivity index (χ1n) is 8.42. The second kappa shape index (κ2) is 7.70. The van der Waals surface area contributed by atoms with E-state index >= 15 is 0 Å². The molecule has 26 heavy (non-hydrogen) atoms. The van der Waals surface area contributed by atoms with E-state index in [9.17, 15) is 9.59 Å². The van der Waals surface area contributed by atoms with E-state index in [1.807, 2.05) is 50.2 Å². The van der Waals surface area contributed by atoms with E-state index in [1.54, 1.807) is 29.2 Å². The van der Waals surface area contributed by atoms with Crippen LogP contribution in [0.25, 0.3) is 0 Å². The molecule has 0 radical (unpaired) electrons. The topological polar surface area (TPSA) is 62.6 Å². The van der Waals surface area contributed by atoms with Crippen LogP contribution in [-0.4, -0.2) is 18.4 Å². The van der Waals surface area contributed by atoms with E-state index < -0.39 is 0 Å². The molecular formula is C21H20N2O3. The number of furan rings is 1. The maximum Gasteiger partial charge on any atom is 0.291 e. The van der Waals surface area contributed by atoms with Gasteiger partial charge in [0.1, 0.15) is 0 Å². The fourth-order valence-corrected chi connectivity index (χ4v) is 2.69. The van der Waals surface area contributed by atoms with E-state index in [4.69, 9.17) is 4.42 Å². The monoisotopic (exact) mass is 348 g/mol. The summed E-state index contributed by atoms with van der Waals surface area (Å²) in [4.78, 5) is 26.9. The number of nitrogens with one attached hydrogen (secondary N) is 1. The van der Waals surface area contributed by atoms with Crippen molar-refractivity contribution in [3.8, 4) is 0 Å². The third kappa shape index (κ3) is 3.67. The highest BCUT2D eigenvalue weighted by Crippen LogP contribution is 2.22. The standard InChI is InChI=1S/C21H20N2O3/c1-3-23(17-8-5-4-6-9-17)21(25)16-12-11-15(2)18(14-16)22-20(24)19-10-7-13-26-19/h4-14H,3H2,1-2H3,(H,22,24). The molecular weight excluding hydrogens is 328 g/mol. The number of anilines is 2. The zero-order chi connectivity index (χ0) is 18.5. The van der Waals surface area contributed by atoms with Crippen molar-refractivity contribution in [2.45, 2.75) is 13.8 Å². The van der Waals surface area contributed by atoms with E-state index in [2.05, 4.69) is 5.32 Å². The molecule has 0 unspecified atom stereocenters. The number of rotatable bonds is 5. The van der Waals surface area contributed by atoms with Gasteiger partial charge < -0.3 is 14.6 Å². The minimum atomic E-state index is -0.349. The molecule has 0 fully saturated rings. The lowest BCUT2D eigenvalue weighted by Crippen LogP contribution is -2.30. The van der Waals surface area contributed by atoms with E-state index in [1.165, 1.54) is 6.26 Å². The van der Waals surface area contributed by atoms with Gasteiger partial charge in [0.25, 0.3) is 11.8 Å². The minimum absolute atomic E-state index is 0.118. The van der Waals surface area contributed by atoms with Gasteiger partial charge in [-0.3, -0.25) is 9.59 Å². The maximum absolute atomic E-state index is 12.9. The van der Waals surface area contributed by atoms with Gasteiger partial charge in [0.05, 0.1) is 6.26 Å². The molecule has 2 amide bonds. The number of hydrogen-bond acceptors (Lipinski definition) is 3. The van der Waals surface area contributed by atoms with Crippen molar-refractivity contribution in [1.29, 1.82) is 0 Å². The summed E-state index contributed by atoms with van der Waals surface area (Å²) in [6.07, 6.45) is 1.45. The molecule has 2 aromatic carbocycles. The Balaban J connectivity index is 1.86. The summed E-state index contributed by atoms with van der Waals surface area (Å²) in [6.45, 7) is 4.35. The Morgan fingerprint density at radius 3 is 2.46 bits per heavy atom. The van der Waals surface area contributed by atoms with Crippen LogP contribution in [0.2, 0.25) is 0 Å². The smallest absolute Gasteiger partial charge is 0.291 e. The molecule has 3 aromatic rings. The van der Waals surface area contributed by atoms with E-state index in [0.717, 1.165) is 11.3 Å². The third-order valence-corrected chi connectivity index (χ3v) is 4.11. The predicted molar refractivity (Wildman–Crippen MR) is 102 cm³/mol. The number of amides is 2. The Kier molecular flexibility index (Phi) is 5.17. The summed E-state index contributed by atoms with van der Waals surface area (Å²) >= 11 is 0. The average molecular weight is 348 g/mol. The molecule has 1 N–H and O–H groups in total. The lowest BCUT2D eigenvalue weighted by atomic mass is 10.1. The molecule has 0 aliphatic rings. The van der Waals surface area contributed by atoms with Gasteiger partial charge in [-0.15, -0.1) is 0 Å². The molecule has 0 atom stereocenters. The summed E-state index contributed by atoms with van der Waals surface area (Å²) in [5, 5.41) is 2.80. The van der Waals surface area contributed by atoms with Gasteiger partial charge in [0.2, 0.25) is 0 Å². The molecule has 0 aliphatic heterocycles. The first-order valence-corrected chi connectivity index (χ1v) is 8.42. The van der Waals surface area contributed by atoms with Crippen LogP contribution in [0.1, 0.15) is 33.4 Å². The predicted octanol–water partition coefficient (Wildman–Crippen LogP) is 4.51. The Bertz CT molecular complexity index is 902. The van der Waals surface area contributed by atoms with Gasteiger partial charge in [-0.2, -0.15) is 0 Å². The normalized spacial score (nSPS) is 10.4. The van der Waals surface area contributed by atoms with E-state index in [-0.39, 0.29) is 17.6 Å². The number of aryl methyl sites for hydroxylation is 1. The lowest BCUT2D eigenvalue weighted by Gasteiger charge is -2.21. The van der Waals surface area contributed by atoms with Crippen molar-refractivity contribution in [2.24, 2.45) is 0 Å². The molecule has 0 spiro atoms. The van der Waals surface area contributed by atoms with Gasteiger partial charge >= 0.3 is 0 Å². The first kappa shape index (κ1) is 17.5. The molecule has 0 saturated carbocycles. The molecule has 5 heteroatoms. The van der Waals surface area contributed by atoms with Crippen molar-refractivity contribution >= 4 is 23.2 Å². The first-order chi connectivity index (χ1) is 12.6. The van der Waals surface area contributed by atoms with Crippen molar-refractivity contribution in [2.75, 3.05) is 16.8 Å².